The van der Waals surface area contributed by atoms with Gasteiger partial charge in [-0.05, 0) is 91.8 Å². The molecule has 0 radical (unpaired) electrons. The largest absolute Gasteiger partial charge is 0.461 e. The number of fused-ring (bicyclic) bond motifs is 7. The standard InChI is InChI=1S/C30H44O3/c1-17(2)23-19-16-30(25(32)33-19)15-14-28(6)18(24(23)30)8-9-21-27(5)12-11-22(31)26(3,4)20(27)10-13-29(21,28)7/h18-21,23-24H,1,8-16H2,2-7H3. The number of ketones is 1. The molecule has 0 amide bonds. The molecule has 0 N–H and O–H groups in total. The highest BCUT2D eigenvalue weighted by Crippen LogP contribution is 2.78. The van der Waals surface area contributed by atoms with E-state index >= 15 is 0 Å². The maximum atomic E-state index is 13.2. The van der Waals surface area contributed by atoms with Gasteiger partial charge < -0.3 is 4.74 Å². The monoisotopic (exact) mass is 452 g/mol. The summed E-state index contributed by atoms with van der Waals surface area (Å²) in [4.78, 5) is 26.1. The van der Waals surface area contributed by atoms with Crippen LogP contribution in [0.5, 0.6) is 0 Å². The molecule has 1 heterocycles. The molecule has 0 aromatic carbocycles. The van der Waals surface area contributed by atoms with Crippen LogP contribution >= 0.6 is 0 Å². The van der Waals surface area contributed by atoms with E-state index in [1.54, 1.807) is 0 Å². The van der Waals surface area contributed by atoms with Crippen LogP contribution < -0.4 is 0 Å². The van der Waals surface area contributed by atoms with Gasteiger partial charge in [-0.3, -0.25) is 9.59 Å². The van der Waals surface area contributed by atoms with Crippen molar-refractivity contribution in [2.45, 2.75) is 105 Å². The second-order valence-corrected chi connectivity index (χ2v) is 14.5. The molecule has 1 saturated heterocycles. The fourth-order valence-electron chi connectivity index (χ4n) is 11.7. The highest BCUT2D eigenvalue weighted by Gasteiger charge is 2.75. The quantitative estimate of drug-likeness (QED) is 0.326. The predicted octanol–water partition coefficient (Wildman–Crippen LogP) is 6.75. The number of ether oxygens (including phenoxy) is 1. The van der Waals surface area contributed by atoms with Gasteiger partial charge in [-0.25, -0.2) is 0 Å². The van der Waals surface area contributed by atoms with E-state index in [2.05, 4.69) is 48.1 Å². The first kappa shape index (κ1) is 22.4. The van der Waals surface area contributed by atoms with Crippen molar-refractivity contribution in [2.75, 3.05) is 0 Å². The third kappa shape index (κ3) is 2.34. The number of esters is 1. The topological polar surface area (TPSA) is 43.4 Å². The maximum Gasteiger partial charge on any atom is 0.312 e. The molecule has 1 aliphatic heterocycles. The molecule has 3 heteroatoms. The Bertz CT molecular complexity index is 948. The summed E-state index contributed by atoms with van der Waals surface area (Å²) in [5, 5.41) is 0. The molecule has 6 fully saturated rings. The van der Waals surface area contributed by atoms with Gasteiger partial charge in [0.25, 0.3) is 0 Å². The Morgan fingerprint density at radius 3 is 2.33 bits per heavy atom. The van der Waals surface area contributed by atoms with Crippen LogP contribution in [0.4, 0.5) is 0 Å². The Balaban J connectivity index is 1.42. The van der Waals surface area contributed by atoms with Crippen molar-refractivity contribution >= 4 is 11.8 Å². The van der Waals surface area contributed by atoms with Crippen molar-refractivity contribution in [1.82, 2.24) is 0 Å². The molecule has 3 nitrogen and oxygen atoms in total. The summed E-state index contributed by atoms with van der Waals surface area (Å²) in [6, 6.07) is 0. The van der Waals surface area contributed by atoms with E-state index in [9.17, 15) is 9.59 Å². The van der Waals surface area contributed by atoms with Crippen LogP contribution in [-0.4, -0.2) is 17.9 Å². The summed E-state index contributed by atoms with van der Waals surface area (Å²) < 4.78 is 5.93. The van der Waals surface area contributed by atoms with Crippen molar-refractivity contribution < 1.29 is 14.3 Å². The molecule has 2 bridgehead atoms. The number of rotatable bonds is 1. The average Bonchev–Trinajstić information content (AvgIpc) is 3.23. The van der Waals surface area contributed by atoms with Gasteiger partial charge in [0.2, 0.25) is 0 Å². The molecule has 5 saturated carbocycles. The van der Waals surface area contributed by atoms with Gasteiger partial charge in [0.05, 0.1) is 5.41 Å². The van der Waals surface area contributed by atoms with E-state index in [0.717, 1.165) is 32.1 Å². The normalized spacial score (nSPS) is 56.3. The van der Waals surface area contributed by atoms with Gasteiger partial charge in [0, 0.05) is 24.2 Å². The Hall–Kier alpha value is -1.12. The Kier molecular flexibility index (Phi) is 4.30. The van der Waals surface area contributed by atoms with Crippen LogP contribution in [0, 0.1) is 56.7 Å². The van der Waals surface area contributed by atoms with Crippen LogP contribution in [0.1, 0.15) is 99.3 Å². The first-order valence-corrected chi connectivity index (χ1v) is 13.7. The van der Waals surface area contributed by atoms with E-state index in [4.69, 9.17) is 4.74 Å². The SMILES string of the molecule is C=C(C)C1C2CC3(CCC4(C)C(CCC5C6(C)CCC(=O)C(C)(C)C6CCC54C)C13)C(=O)O2. The molecule has 10 unspecified atom stereocenters. The third-order valence-electron chi connectivity index (χ3n) is 13.4. The molecular weight excluding hydrogens is 408 g/mol. The Labute approximate surface area is 200 Å². The van der Waals surface area contributed by atoms with Crippen LogP contribution in [0.2, 0.25) is 0 Å². The summed E-state index contributed by atoms with van der Waals surface area (Å²) in [5.74, 6) is 3.08. The minimum absolute atomic E-state index is 0.0614. The molecule has 6 aliphatic rings. The molecule has 33 heavy (non-hydrogen) atoms. The number of hydrogen-bond donors (Lipinski definition) is 0. The third-order valence-corrected chi connectivity index (χ3v) is 13.4. The lowest BCUT2D eigenvalue weighted by Gasteiger charge is -2.72. The van der Waals surface area contributed by atoms with Crippen LogP contribution in [0.3, 0.4) is 0 Å². The first-order valence-electron chi connectivity index (χ1n) is 13.7. The van der Waals surface area contributed by atoms with Crippen LogP contribution in [0.15, 0.2) is 12.2 Å². The molecule has 1 spiro atoms. The second-order valence-electron chi connectivity index (χ2n) is 14.5. The summed E-state index contributed by atoms with van der Waals surface area (Å²) in [5.41, 5.74) is 1.53. The van der Waals surface area contributed by atoms with Gasteiger partial charge >= 0.3 is 5.97 Å². The summed E-state index contributed by atoms with van der Waals surface area (Å²) in [6.45, 7) is 18.8. The van der Waals surface area contributed by atoms with Crippen LogP contribution in [0.25, 0.3) is 0 Å². The zero-order valence-corrected chi connectivity index (χ0v) is 21.8. The number of hydrogen-bond acceptors (Lipinski definition) is 3. The van der Waals surface area contributed by atoms with Crippen molar-refractivity contribution in [1.29, 1.82) is 0 Å². The number of Topliss-reactive ketones (excluding diaryl/α,β-unsaturated/α-hetero) is 1. The van der Waals surface area contributed by atoms with Crippen molar-refractivity contribution in [2.24, 2.45) is 56.7 Å². The first-order chi connectivity index (χ1) is 15.3. The van der Waals surface area contributed by atoms with Gasteiger partial charge in [-0.2, -0.15) is 0 Å². The van der Waals surface area contributed by atoms with E-state index in [-0.39, 0.29) is 39.1 Å². The van der Waals surface area contributed by atoms with Crippen molar-refractivity contribution in [3.8, 4) is 0 Å². The second kappa shape index (κ2) is 6.35. The highest BCUT2D eigenvalue weighted by molar-refractivity contribution is 5.85. The minimum Gasteiger partial charge on any atom is -0.461 e. The number of carbonyl (C=O) groups is 2. The van der Waals surface area contributed by atoms with E-state index in [1.165, 1.54) is 31.3 Å². The molecule has 182 valence electrons. The fraction of sp³-hybridized carbons (Fsp3) is 0.867. The van der Waals surface area contributed by atoms with Crippen LogP contribution in [-0.2, 0) is 14.3 Å². The molecule has 0 aromatic rings. The van der Waals surface area contributed by atoms with Gasteiger partial charge in [0.1, 0.15) is 11.9 Å². The average molecular weight is 453 g/mol. The minimum atomic E-state index is -0.248. The van der Waals surface area contributed by atoms with Crippen molar-refractivity contribution in [3.05, 3.63) is 12.2 Å². The Morgan fingerprint density at radius 1 is 0.909 bits per heavy atom. The summed E-state index contributed by atoms with van der Waals surface area (Å²) in [6.07, 6.45) is 9.84. The van der Waals surface area contributed by atoms with E-state index < -0.39 is 0 Å². The summed E-state index contributed by atoms with van der Waals surface area (Å²) in [7, 11) is 0. The lowest BCUT2D eigenvalue weighted by atomic mass is 9.32. The molecule has 0 aromatic heterocycles. The van der Waals surface area contributed by atoms with E-state index in [1.807, 2.05) is 0 Å². The zero-order chi connectivity index (χ0) is 23.8. The van der Waals surface area contributed by atoms with Crippen molar-refractivity contribution in [3.63, 3.8) is 0 Å². The lowest BCUT2D eigenvalue weighted by molar-refractivity contribution is -0.238. The number of carbonyl (C=O) groups excluding carboxylic acids is 2. The van der Waals surface area contributed by atoms with Gasteiger partial charge in [-0.15, -0.1) is 0 Å². The Morgan fingerprint density at radius 2 is 1.64 bits per heavy atom. The molecule has 6 rings (SSSR count). The molecule has 5 aliphatic carbocycles. The van der Waals surface area contributed by atoms with Gasteiger partial charge in [0.15, 0.2) is 0 Å². The predicted molar refractivity (Wildman–Crippen MR) is 129 cm³/mol. The summed E-state index contributed by atoms with van der Waals surface area (Å²) >= 11 is 0. The molecule has 10 atom stereocenters. The zero-order valence-electron chi connectivity index (χ0n) is 21.8. The van der Waals surface area contributed by atoms with Gasteiger partial charge in [-0.1, -0.05) is 46.8 Å². The highest BCUT2D eigenvalue weighted by atomic mass is 16.6. The smallest absolute Gasteiger partial charge is 0.312 e. The lowest BCUT2D eigenvalue weighted by Crippen LogP contribution is -2.67. The molecular formula is C30H44O3. The van der Waals surface area contributed by atoms with E-state index in [0.29, 0.717) is 35.4 Å². The maximum absolute atomic E-state index is 13.2. The fourth-order valence-corrected chi connectivity index (χ4v) is 11.7.